The maximum Gasteiger partial charge on any atom is 0.328 e. The number of carbonyl (C=O) groups is 2. The van der Waals surface area contributed by atoms with Gasteiger partial charge in [0.25, 0.3) is 5.91 Å². The molecule has 0 saturated heterocycles. The van der Waals surface area contributed by atoms with E-state index in [4.69, 9.17) is 10.00 Å². The van der Waals surface area contributed by atoms with Crippen molar-refractivity contribution in [2.75, 3.05) is 14.2 Å². The second-order valence-electron chi connectivity index (χ2n) is 4.88. The molecule has 0 fully saturated rings. The van der Waals surface area contributed by atoms with E-state index in [9.17, 15) is 9.59 Å². The molecule has 1 rings (SSSR count). The van der Waals surface area contributed by atoms with E-state index in [2.05, 4.69) is 10.1 Å². The van der Waals surface area contributed by atoms with Crippen molar-refractivity contribution in [3.8, 4) is 6.07 Å². The second-order valence-corrected chi connectivity index (χ2v) is 4.88. The second kappa shape index (κ2) is 8.80. The zero-order valence-corrected chi connectivity index (χ0v) is 12.9. The van der Waals surface area contributed by atoms with Crippen LogP contribution in [0, 0.1) is 17.2 Å². The predicted octanol–water partition coefficient (Wildman–Crippen LogP) is 1.58. The van der Waals surface area contributed by atoms with Gasteiger partial charge in [-0.3, -0.25) is 4.79 Å². The van der Waals surface area contributed by atoms with Crippen LogP contribution < -0.4 is 5.32 Å². The Labute approximate surface area is 130 Å². The summed E-state index contributed by atoms with van der Waals surface area (Å²) in [5.74, 6) is -1.42. The van der Waals surface area contributed by atoms with Crippen LogP contribution in [0.4, 0.5) is 0 Å². The van der Waals surface area contributed by atoms with Gasteiger partial charge in [-0.15, -0.1) is 0 Å². The Kier molecular flexibility index (Phi) is 7.06. The molecule has 1 aromatic rings. The Hall–Kier alpha value is -2.39. The van der Waals surface area contributed by atoms with Crippen LogP contribution in [-0.2, 0) is 19.1 Å². The number of amides is 1. The van der Waals surface area contributed by atoms with Crippen molar-refractivity contribution in [2.24, 2.45) is 5.92 Å². The summed E-state index contributed by atoms with van der Waals surface area (Å²) in [6, 6.07) is 10.1. The van der Waals surface area contributed by atoms with Crippen LogP contribution in [0.3, 0.4) is 0 Å². The van der Waals surface area contributed by atoms with E-state index in [1.165, 1.54) is 14.2 Å². The maximum atomic E-state index is 12.3. The molecule has 0 saturated carbocycles. The van der Waals surface area contributed by atoms with Crippen molar-refractivity contribution in [2.45, 2.75) is 25.5 Å². The van der Waals surface area contributed by atoms with E-state index >= 15 is 0 Å². The van der Waals surface area contributed by atoms with Gasteiger partial charge in [-0.2, -0.15) is 5.26 Å². The van der Waals surface area contributed by atoms with Crippen molar-refractivity contribution >= 4 is 11.9 Å². The molecule has 0 aliphatic heterocycles. The summed E-state index contributed by atoms with van der Waals surface area (Å²) in [5, 5.41) is 11.5. The highest BCUT2D eigenvalue weighted by Crippen LogP contribution is 2.17. The molecule has 0 radical (unpaired) electrons. The summed E-state index contributed by atoms with van der Waals surface area (Å²) >= 11 is 0. The average molecular weight is 304 g/mol. The number of ether oxygens (including phenoxy) is 2. The number of benzene rings is 1. The molecular weight excluding hydrogens is 284 g/mol. The molecule has 1 N–H and O–H groups in total. The number of hydrogen-bond acceptors (Lipinski definition) is 5. The summed E-state index contributed by atoms with van der Waals surface area (Å²) in [5.41, 5.74) is 0.680. The first-order chi connectivity index (χ1) is 10.5. The molecule has 0 unspecified atom stereocenters. The highest BCUT2D eigenvalue weighted by Gasteiger charge is 2.28. The molecule has 0 aliphatic rings. The lowest BCUT2D eigenvalue weighted by Crippen LogP contribution is -2.44. The van der Waals surface area contributed by atoms with Gasteiger partial charge in [-0.05, 0) is 18.9 Å². The summed E-state index contributed by atoms with van der Waals surface area (Å²) in [6.07, 6.45) is -0.647. The smallest absolute Gasteiger partial charge is 0.328 e. The molecule has 1 amide bonds. The van der Waals surface area contributed by atoms with Crippen molar-refractivity contribution < 1.29 is 19.1 Å². The Morgan fingerprint density at radius 1 is 1.27 bits per heavy atom. The number of hydrogen-bond donors (Lipinski definition) is 1. The monoisotopic (exact) mass is 304 g/mol. The van der Waals surface area contributed by atoms with Gasteiger partial charge in [-0.25, -0.2) is 4.79 Å². The minimum absolute atomic E-state index is 0.181. The number of methoxy groups -OCH3 is 2. The van der Waals surface area contributed by atoms with Gasteiger partial charge < -0.3 is 14.8 Å². The molecule has 3 atom stereocenters. The third-order valence-corrected chi connectivity index (χ3v) is 3.19. The van der Waals surface area contributed by atoms with E-state index in [-0.39, 0.29) is 12.3 Å². The quantitative estimate of drug-likeness (QED) is 0.773. The van der Waals surface area contributed by atoms with Crippen LogP contribution in [0.15, 0.2) is 30.3 Å². The third-order valence-electron chi connectivity index (χ3n) is 3.19. The zero-order chi connectivity index (χ0) is 16.5. The van der Waals surface area contributed by atoms with E-state index in [1.54, 1.807) is 31.2 Å². The lowest BCUT2D eigenvalue weighted by Gasteiger charge is -2.21. The van der Waals surface area contributed by atoms with Crippen LogP contribution in [-0.4, -0.2) is 32.1 Å². The van der Waals surface area contributed by atoms with E-state index < -0.39 is 24.0 Å². The van der Waals surface area contributed by atoms with Crippen LogP contribution in [0.25, 0.3) is 0 Å². The van der Waals surface area contributed by atoms with Gasteiger partial charge in [0.1, 0.15) is 6.04 Å². The Morgan fingerprint density at radius 2 is 1.91 bits per heavy atom. The van der Waals surface area contributed by atoms with Crippen LogP contribution in [0.1, 0.15) is 25.0 Å². The van der Waals surface area contributed by atoms with Gasteiger partial charge in [0.15, 0.2) is 6.10 Å². The third kappa shape index (κ3) is 4.86. The van der Waals surface area contributed by atoms with E-state index in [0.717, 1.165) is 0 Å². The Morgan fingerprint density at radius 3 is 2.41 bits per heavy atom. The minimum Gasteiger partial charge on any atom is -0.467 e. The fraction of sp³-hybridized carbons (Fsp3) is 0.438. The van der Waals surface area contributed by atoms with Crippen LogP contribution >= 0.6 is 0 Å². The van der Waals surface area contributed by atoms with Gasteiger partial charge in [0.2, 0.25) is 0 Å². The molecular formula is C16H20N2O4. The number of carbonyl (C=O) groups excluding carboxylic acids is 2. The Bertz CT molecular complexity index is 539. The summed E-state index contributed by atoms with van der Waals surface area (Å²) in [7, 11) is 2.66. The highest BCUT2D eigenvalue weighted by atomic mass is 16.5. The van der Waals surface area contributed by atoms with Gasteiger partial charge in [0, 0.05) is 13.0 Å². The molecule has 0 bridgehead atoms. The summed E-state index contributed by atoms with van der Waals surface area (Å²) in [6.45, 7) is 1.67. The van der Waals surface area contributed by atoms with Crippen LogP contribution in [0.2, 0.25) is 0 Å². The first-order valence-corrected chi connectivity index (χ1v) is 6.89. The molecule has 0 aliphatic carbocycles. The number of rotatable bonds is 7. The van der Waals surface area contributed by atoms with Gasteiger partial charge in [0.05, 0.1) is 13.2 Å². The fourth-order valence-corrected chi connectivity index (χ4v) is 2.03. The predicted molar refractivity (Wildman–Crippen MR) is 79.5 cm³/mol. The van der Waals surface area contributed by atoms with Crippen molar-refractivity contribution in [1.82, 2.24) is 5.32 Å². The summed E-state index contributed by atoms with van der Waals surface area (Å²) < 4.78 is 9.89. The van der Waals surface area contributed by atoms with Crippen LogP contribution in [0.5, 0.6) is 0 Å². The van der Waals surface area contributed by atoms with Crippen molar-refractivity contribution in [3.05, 3.63) is 35.9 Å². The van der Waals surface area contributed by atoms with Crippen molar-refractivity contribution in [3.63, 3.8) is 0 Å². The molecule has 0 heterocycles. The topological polar surface area (TPSA) is 88.4 Å². The minimum atomic E-state index is -0.881. The van der Waals surface area contributed by atoms with Crippen molar-refractivity contribution in [1.29, 1.82) is 5.26 Å². The molecule has 6 nitrogen and oxygen atoms in total. The van der Waals surface area contributed by atoms with E-state index in [0.29, 0.717) is 5.56 Å². The standard InChI is InChI=1S/C16H20N2O4/c1-11(10-17)9-13(16(20)22-3)18-15(19)14(21-2)12-7-5-4-6-8-12/h4-8,11,13-14H,9H2,1-3H3,(H,18,19)/t11-,13-,14+/m1/s1. The molecule has 118 valence electrons. The lowest BCUT2D eigenvalue weighted by atomic mass is 10.0. The number of nitriles is 1. The maximum absolute atomic E-state index is 12.3. The number of esters is 1. The average Bonchev–Trinajstić information content (AvgIpc) is 2.55. The van der Waals surface area contributed by atoms with E-state index in [1.807, 2.05) is 12.1 Å². The molecule has 1 aromatic carbocycles. The fourth-order valence-electron chi connectivity index (χ4n) is 2.03. The van der Waals surface area contributed by atoms with Gasteiger partial charge >= 0.3 is 5.97 Å². The molecule has 0 spiro atoms. The zero-order valence-electron chi connectivity index (χ0n) is 12.9. The van der Waals surface area contributed by atoms with Gasteiger partial charge in [-0.1, -0.05) is 30.3 Å². The number of nitrogens with one attached hydrogen (secondary N) is 1. The normalized spacial score (nSPS) is 14.3. The molecule has 0 aromatic heterocycles. The molecule has 6 heteroatoms. The first-order valence-electron chi connectivity index (χ1n) is 6.89. The SMILES string of the molecule is COC(=O)[C@@H](C[C@@H](C)C#N)NC(=O)[C@@H](OC)c1ccccc1. The first kappa shape index (κ1) is 17.7. The molecule has 22 heavy (non-hydrogen) atoms. The summed E-state index contributed by atoms with van der Waals surface area (Å²) in [4.78, 5) is 24.1. The number of nitrogens with zero attached hydrogens (tertiary/aromatic N) is 1. The Balaban J connectivity index is 2.85. The lowest BCUT2D eigenvalue weighted by molar-refractivity contribution is -0.147. The largest absolute Gasteiger partial charge is 0.467 e. The highest BCUT2D eigenvalue weighted by molar-refractivity contribution is 5.87.